The molecule has 114 valence electrons. The Balaban J connectivity index is 2.05. The third-order valence-corrected chi connectivity index (χ3v) is 3.99. The lowest BCUT2D eigenvalue weighted by Crippen LogP contribution is -2.51. The topological polar surface area (TPSA) is 66.8 Å². The molecule has 0 bridgehead atoms. The Bertz CT molecular complexity index is 526. The van der Waals surface area contributed by atoms with Crippen molar-refractivity contribution in [3.05, 3.63) is 29.8 Å². The number of rotatable bonds is 5. The molecule has 21 heavy (non-hydrogen) atoms. The largest absolute Gasteiger partial charge is 0.494 e. The lowest BCUT2D eigenvalue weighted by molar-refractivity contribution is -0.155. The van der Waals surface area contributed by atoms with Crippen LogP contribution in [0.25, 0.3) is 0 Å². The van der Waals surface area contributed by atoms with Crippen LogP contribution in [0.5, 0.6) is 5.75 Å². The van der Waals surface area contributed by atoms with E-state index in [-0.39, 0.29) is 12.3 Å². The monoisotopic (exact) mass is 291 g/mol. The minimum absolute atomic E-state index is 0.137. The highest BCUT2D eigenvalue weighted by Crippen LogP contribution is 2.30. The normalized spacial score (nSPS) is 21.3. The predicted octanol–water partition coefficient (Wildman–Crippen LogP) is 2.09. The van der Waals surface area contributed by atoms with Gasteiger partial charge in [-0.2, -0.15) is 0 Å². The Morgan fingerprint density at radius 2 is 2.00 bits per heavy atom. The molecule has 1 aromatic rings. The zero-order valence-electron chi connectivity index (χ0n) is 12.5. The number of aliphatic carboxylic acids is 1. The van der Waals surface area contributed by atoms with Crippen molar-refractivity contribution >= 4 is 11.9 Å². The maximum absolute atomic E-state index is 12.4. The van der Waals surface area contributed by atoms with Crippen molar-refractivity contribution < 1.29 is 19.4 Å². The van der Waals surface area contributed by atoms with E-state index in [0.717, 1.165) is 17.7 Å². The molecule has 1 aliphatic heterocycles. The van der Waals surface area contributed by atoms with E-state index < -0.39 is 11.5 Å². The number of carboxylic acid groups (broad SMARTS) is 1. The molecule has 0 radical (unpaired) electrons. The van der Waals surface area contributed by atoms with Gasteiger partial charge in [0.25, 0.3) is 0 Å². The molecule has 1 amide bonds. The van der Waals surface area contributed by atoms with E-state index in [1.165, 1.54) is 4.90 Å². The second-order valence-corrected chi connectivity index (χ2v) is 5.48. The number of benzene rings is 1. The minimum Gasteiger partial charge on any atom is -0.494 e. The zero-order chi connectivity index (χ0) is 15.5. The minimum atomic E-state index is -1.07. The van der Waals surface area contributed by atoms with Crippen LogP contribution < -0.4 is 4.74 Å². The lowest BCUT2D eigenvalue weighted by Gasteiger charge is -2.31. The number of carbonyl (C=O) groups excluding carboxylic acids is 1. The molecule has 0 spiro atoms. The van der Waals surface area contributed by atoms with Gasteiger partial charge in [0.15, 0.2) is 0 Å². The Morgan fingerprint density at radius 1 is 1.33 bits per heavy atom. The van der Waals surface area contributed by atoms with Crippen molar-refractivity contribution in [2.24, 2.45) is 0 Å². The van der Waals surface area contributed by atoms with E-state index in [1.54, 1.807) is 6.92 Å². The van der Waals surface area contributed by atoms with Gasteiger partial charge in [0.05, 0.1) is 13.0 Å². The molecular formula is C16H21NO4. The number of nitrogens with zero attached hydrogens (tertiary/aromatic N) is 1. The number of hydrogen-bond acceptors (Lipinski definition) is 3. The fourth-order valence-electron chi connectivity index (χ4n) is 2.73. The first-order valence-electron chi connectivity index (χ1n) is 7.23. The van der Waals surface area contributed by atoms with Gasteiger partial charge in [-0.15, -0.1) is 0 Å². The molecular weight excluding hydrogens is 270 g/mol. The van der Waals surface area contributed by atoms with Gasteiger partial charge in [0, 0.05) is 6.54 Å². The molecule has 1 saturated heterocycles. The van der Waals surface area contributed by atoms with E-state index in [0.29, 0.717) is 19.6 Å². The van der Waals surface area contributed by atoms with Crippen molar-refractivity contribution in [1.29, 1.82) is 0 Å². The van der Waals surface area contributed by atoms with Crippen LogP contribution >= 0.6 is 0 Å². The highest BCUT2D eigenvalue weighted by molar-refractivity contribution is 5.88. The van der Waals surface area contributed by atoms with Crippen LogP contribution in [-0.4, -0.2) is 40.6 Å². The first-order valence-corrected chi connectivity index (χ1v) is 7.23. The molecule has 0 aliphatic carbocycles. The molecule has 1 heterocycles. The SMILES string of the molecule is CCOc1ccc(CC(=O)N2CCCC2(C)C(=O)O)cc1. The quantitative estimate of drug-likeness (QED) is 0.902. The lowest BCUT2D eigenvalue weighted by atomic mass is 9.98. The van der Waals surface area contributed by atoms with Crippen LogP contribution in [0.15, 0.2) is 24.3 Å². The summed E-state index contributed by atoms with van der Waals surface area (Å²) in [4.78, 5) is 25.3. The van der Waals surface area contributed by atoms with E-state index in [1.807, 2.05) is 31.2 Å². The van der Waals surface area contributed by atoms with Gasteiger partial charge in [-0.3, -0.25) is 4.79 Å². The first-order chi connectivity index (χ1) is 9.97. The van der Waals surface area contributed by atoms with Crippen LogP contribution in [0.3, 0.4) is 0 Å². The van der Waals surface area contributed by atoms with E-state index >= 15 is 0 Å². The average molecular weight is 291 g/mol. The number of amides is 1. The number of carboxylic acids is 1. The molecule has 0 saturated carbocycles. The Hall–Kier alpha value is -2.04. The number of likely N-dealkylation sites (tertiary alicyclic amines) is 1. The van der Waals surface area contributed by atoms with Crippen LogP contribution in [0.1, 0.15) is 32.3 Å². The summed E-state index contributed by atoms with van der Waals surface area (Å²) in [6, 6.07) is 7.34. The van der Waals surface area contributed by atoms with Crippen LogP contribution in [0.4, 0.5) is 0 Å². The van der Waals surface area contributed by atoms with Crippen LogP contribution in [-0.2, 0) is 16.0 Å². The van der Waals surface area contributed by atoms with E-state index in [2.05, 4.69) is 0 Å². The molecule has 1 aromatic carbocycles. The highest BCUT2D eigenvalue weighted by Gasteiger charge is 2.45. The van der Waals surface area contributed by atoms with Gasteiger partial charge in [-0.25, -0.2) is 4.79 Å². The first kappa shape index (κ1) is 15.4. The number of carbonyl (C=O) groups is 2. The summed E-state index contributed by atoms with van der Waals surface area (Å²) in [5, 5.41) is 9.34. The van der Waals surface area contributed by atoms with Crippen molar-refractivity contribution in [3.63, 3.8) is 0 Å². The van der Waals surface area contributed by atoms with Gasteiger partial charge < -0.3 is 14.7 Å². The van der Waals surface area contributed by atoms with Gasteiger partial charge in [-0.1, -0.05) is 12.1 Å². The van der Waals surface area contributed by atoms with Crippen LogP contribution in [0.2, 0.25) is 0 Å². The fraction of sp³-hybridized carbons (Fsp3) is 0.500. The molecule has 2 rings (SSSR count). The summed E-state index contributed by atoms with van der Waals surface area (Å²) < 4.78 is 5.36. The fourth-order valence-corrected chi connectivity index (χ4v) is 2.73. The summed E-state index contributed by atoms with van der Waals surface area (Å²) in [5.41, 5.74) is -0.203. The van der Waals surface area contributed by atoms with Crippen molar-refractivity contribution in [3.8, 4) is 5.75 Å². The van der Waals surface area contributed by atoms with Crippen LogP contribution in [0, 0.1) is 0 Å². The van der Waals surface area contributed by atoms with Gasteiger partial charge in [-0.05, 0) is 44.4 Å². The average Bonchev–Trinajstić information content (AvgIpc) is 2.85. The maximum Gasteiger partial charge on any atom is 0.329 e. The number of hydrogen-bond donors (Lipinski definition) is 1. The van der Waals surface area contributed by atoms with E-state index in [4.69, 9.17) is 4.74 Å². The smallest absolute Gasteiger partial charge is 0.329 e. The van der Waals surface area contributed by atoms with Crippen molar-refractivity contribution in [1.82, 2.24) is 4.90 Å². The highest BCUT2D eigenvalue weighted by atomic mass is 16.5. The Labute approximate surface area is 124 Å². The van der Waals surface area contributed by atoms with Gasteiger partial charge >= 0.3 is 5.97 Å². The molecule has 0 aromatic heterocycles. The molecule has 1 fully saturated rings. The molecule has 1 N–H and O–H groups in total. The zero-order valence-corrected chi connectivity index (χ0v) is 12.5. The molecule has 1 aliphatic rings. The summed E-state index contributed by atoms with van der Waals surface area (Å²) in [7, 11) is 0. The van der Waals surface area contributed by atoms with Gasteiger partial charge in [0.1, 0.15) is 11.3 Å². The molecule has 1 atom stereocenters. The summed E-state index contributed by atoms with van der Waals surface area (Å²) in [6.45, 7) is 4.65. The standard InChI is InChI=1S/C16H21NO4/c1-3-21-13-7-5-12(6-8-13)11-14(18)17-10-4-9-16(17,2)15(19)20/h5-8H,3-4,9-11H2,1-2H3,(H,19,20). The molecule has 5 nitrogen and oxygen atoms in total. The molecule has 1 unspecified atom stereocenters. The second-order valence-electron chi connectivity index (χ2n) is 5.48. The van der Waals surface area contributed by atoms with E-state index in [9.17, 15) is 14.7 Å². The third-order valence-electron chi connectivity index (χ3n) is 3.99. The number of ether oxygens (including phenoxy) is 1. The summed E-state index contributed by atoms with van der Waals surface area (Å²) in [5.74, 6) is -0.299. The van der Waals surface area contributed by atoms with Gasteiger partial charge in [0.2, 0.25) is 5.91 Å². The predicted molar refractivity (Wildman–Crippen MR) is 78.3 cm³/mol. The maximum atomic E-state index is 12.4. The van der Waals surface area contributed by atoms with Crippen molar-refractivity contribution in [2.75, 3.05) is 13.2 Å². The summed E-state index contributed by atoms with van der Waals surface area (Å²) >= 11 is 0. The molecule has 5 heteroatoms. The Kier molecular flexibility index (Phi) is 4.50. The second kappa shape index (κ2) is 6.16. The summed E-state index contributed by atoms with van der Waals surface area (Å²) in [6.07, 6.45) is 1.46. The van der Waals surface area contributed by atoms with Crippen molar-refractivity contribution in [2.45, 2.75) is 38.6 Å². The third kappa shape index (κ3) is 3.17. The Morgan fingerprint density at radius 3 is 2.57 bits per heavy atom.